The van der Waals surface area contributed by atoms with Crippen LogP contribution in [0.25, 0.3) is 0 Å². The monoisotopic (exact) mass is 272 g/mol. The Balaban J connectivity index is 1.85. The van der Waals surface area contributed by atoms with Crippen molar-refractivity contribution in [3.8, 4) is 0 Å². The Hall–Kier alpha value is -1.84. The maximum Gasteiger partial charge on any atom is 0.226 e. The summed E-state index contributed by atoms with van der Waals surface area (Å²) in [5.74, 6) is -0.196. The van der Waals surface area contributed by atoms with E-state index in [0.29, 0.717) is 12.5 Å². The fourth-order valence-corrected chi connectivity index (χ4v) is 2.86. The lowest BCUT2D eigenvalue weighted by Crippen LogP contribution is -2.35. The fourth-order valence-electron chi connectivity index (χ4n) is 2.86. The van der Waals surface area contributed by atoms with E-state index in [-0.39, 0.29) is 23.8 Å². The van der Waals surface area contributed by atoms with Crippen LogP contribution < -0.4 is 5.32 Å². The highest BCUT2D eigenvalue weighted by molar-refractivity contribution is 5.90. The van der Waals surface area contributed by atoms with Crippen LogP contribution in [0.2, 0.25) is 0 Å². The molecule has 4 heteroatoms. The zero-order chi connectivity index (χ0) is 14.3. The molecule has 20 heavy (non-hydrogen) atoms. The van der Waals surface area contributed by atoms with Crippen molar-refractivity contribution in [1.82, 2.24) is 10.2 Å². The molecule has 2 fully saturated rings. The van der Waals surface area contributed by atoms with E-state index in [0.717, 1.165) is 18.4 Å². The molecule has 1 aromatic carbocycles. The minimum Gasteiger partial charge on any atom is -0.353 e. The maximum absolute atomic E-state index is 12.3. The molecule has 0 aromatic heterocycles. The van der Waals surface area contributed by atoms with Crippen molar-refractivity contribution in [2.75, 3.05) is 7.05 Å². The van der Waals surface area contributed by atoms with Gasteiger partial charge >= 0.3 is 0 Å². The van der Waals surface area contributed by atoms with Crippen LogP contribution in [0.4, 0.5) is 0 Å². The molecule has 1 saturated carbocycles. The van der Waals surface area contributed by atoms with E-state index in [4.69, 9.17) is 0 Å². The van der Waals surface area contributed by atoms with Gasteiger partial charge in [0.15, 0.2) is 0 Å². The van der Waals surface area contributed by atoms with Crippen LogP contribution in [0.3, 0.4) is 0 Å². The predicted octanol–water partition coefficient (Wildman–Crippen LogP) is 1.79. The van der Waals surface area contributed by atoms with Gasteiger partial charge in [-0.05, 0) is 25.3 Å². The van der Waals surface area contributed by atoms with Gasteiger partial charge in [0.25, 0.3) is 0 Å². The Kier molecular flexibility index (Phi) is 3.24. The normalized spacial score (nSPS) is 25.9. The summed E-state index contributed by atoms with van der Waals surface area (Å²) in [5.41, 5.74) is 2.22. The molecule has 0 unspecified atom stereocenters. The summed E-state index contributed by atoms with van der Waals surface area (Å²) in [6.45, 7) is 2.03. The molecule has 4 nitrogen and oxygen atoms in total. The van der Waals surface area contributed by atoms with Crippen molar-refractivity contribution in [2.24, 2.45) is 5.92 Å². The van der Waals surface area contributed by atoms with Gasteiger partial charge in [0.2, 0.25) is 11.8 Å². The van der Waals surface area contributed by atoms with Gasteiger partial charge in [-0.25, -0.2) is 0 Å². The minimum absolute atomic E-state index is 0.0239. The van der Waals surface area contributed by atoms with Crippen LogP contribution in [0.1, 0.15) is 36.4 Å². The van der Waals surface area contributed by atoms with Crippen molar-refractivity contribution in [2.45, 2.75) is 38.3 Å². The zero-order valence-electron chi connectivity index (χ0n) is 11.9. The van der Waals surface area contributed by atoms with Gasteiger partial charge in [0.05, 0.1) is 12.0 Å². The Bertz CT molecular complexity index is 534. The van der Waals surface area contributed by atoms with Crippen LogP contribution in [0.15, 0.2) is 24.3 Å². The fraction of sp³-hybridized carbons (Fsp3) is 0.500. The summed E-state index contributed by atoms with van der Waals surface area (Å²) in [5, 5.41) is 3.03. The molecule has 0 radical (unpaired) electrons. The van der Waals surface area contributed by atoms with Crippen molar-refractivity contribution >= 4 is 11.8 Å². The van der Waals surface area contributed by atoms with Crippen molar-refractivity contribution in [3.05, 3.63) is 35.4 Å². The number of likely N-dealkylation sites (tertiary alicyclic amines) is 1. The SMILES string of the molecule is Cc1ccc([C@@H]2[C@@H](C(=O)NC3CC3)CC(=O)N2C)cc1. The number of rotatable bonds is 3. The van der Waals surface area contributed by atoms with Gasteiger partial charge in [-0.2, -0.15) is 0 Å². The van der Waals surface area contributed by atoms with Gasteiger partial charge in [0.1, 0.15) is 0 Å². The number of hydrogen-bond donors (Lipinski definition) is 1. The zero-order valence-corrected chi connectivity index (χ0v) is 11.9. The van der Waals surface area contributed by atoms with E-state index in [1.54, 1.807) is 11.9 Å². The maximum atomic E-state index is 12.3. The predicted molar refractivity (Wildman–Crippen MR) is 76.0 cm³/mol. The first-order valence-electron chi connectivity index (χ1n) is 7.19. The second kappa shape index (κ2) is 4.93. The van der Waals surface area contributed by atoms with Crippen molar-refractivity contribution in [3.63, 3.8) is 0 Å². The smallest absolute Gasteiger partial charge is 0.226 e. The largest absolute Gasteiger partial charge is 0.353 e. The molecule has 0 spiro atoms. The highest BCUT2D eigenvalue weighted by Crippen LogP contribution is 2.37. The number of hydrogen-bond acceptors (Lipinski definition) is 2. The third-order valence-electron chi connectivity index (χ3n) is 4.27. The van der Waals surface area contributed by atoms with Gasteiger partial charge in [0, 0.05) is 19.5 Å². The molecule has 2 aliphatic rings. The molecule has 106 valence electrons. The topological polar surface area (TPSA) is 49.4 Å². The van der Waals surface area contributed by atoms with Gasteiger partial charge < -0.3 is 10.2 Å². The summed E-state index contributed by atoms with van der Waals surface area (Å²) in [4.78, 5) is 26.0. The number of aryl methyl sites for hydroxylation is 1. The second-order valence-electron chi connectivity index (χ2n) is 5.95. The molecule has 1 saturated heterocycles. The lowest BCUT2D eigenvalue weighted by Gasteiger charge is -2.25. The van der Waals surface area contributed by atoms with Crippen LogP contribution in [-0.2, 0) is 9.59 Å². The first-order valence-corrected chi connectivity index (χ1v) is 7.19. The number of carbonyl (C=O) groups is 2. The van der Waals surface area contributed by atoms with Crippen LogP contribution in [-0.4, -0.2) is 29.8 Å². The molecular weight excluding hydrogens is 252 g/mol. The minimum atomic E-state index is -0.268. The summed E-state index contributed by atoms with van der Waals surface area (Å²) in [6.07, 6.45) is 2.45. The summed E-state index contributed by atoms with van der Waals surface area (Å²) >= 11 is 0. The van der Waals surface area contributed by atoms with E-state index >= 15 is 0 Å². The summed E-state index contributed by atoms with van der Waals surface area (Å²) < 4.78 is 0. The number of amides is 2. The molecule has 0 bridgehead atoms. The Morgan fingerprint density at radius 2 is 1.90 bits per heavy atom. The highest BCUT2D eigenvalue weighted by atomic mass is 16.2. The van der Waals surface area contributed by atoms with E-state index in [9.17, 15) is 9.59 Å². The molecule has 1 N–H and O–H groups in total. The average Bonchev–Trinajstić information content (AvgIpc) is 3.18. The highest BCUT2D eigenvalue weighted by Gasteiger charge is 2.43. The number of benzene rings is 1. The average molecular weight is 272 g/mol. The van der Waals surface area contributed by atoms with Crippen LogP contribution in [0, 0.1) is 12.8 Å². The molecule has 1 aromatic rings. The number of nitrogens with zero attached hydrogens (tertiary/aromatic N) is 1. The standard InChI is InChI=1S/C16H20N2O2/c1-10-3-5-11(6-4-10)15-13(9-14(19)18(15)2)16(20)17-12-7-8-12/h3-6,12-13,15H,7-9H2,1-2H3,(H,17,20)/t13-,15+/m0/s1. The first kappa shape index (κ1) is 13.2. The van der Waals surface area contributed by atoms with Gasteiger partial charge in [-0.15, -0.1) is 0 Å². The molecule has 2 amide bonds. The second-order valence-corrected chi connectivity index (χ2v) is 5.95. The number of carbonyl (C=O) groups excluding carboxylic acids is 2. The first-order chi connectivity index (χ1) is 9.56. The number of nitrogens with one attached hydrogen (secondary N) is 1. The summed E-state index contributed by atoms with van der Waals surface area (Å²) in [7, 11) is 1.79. The third-order valence-corrected chi connectivity index (χ3v) is 4.27. The van der Waals surface area contributed by atoms with E-state index in [2.05, 4.69) is 5.32 Å². The lowest BCUT2D eigenvalue weighted by molar-refractivity contribution is -0.128. The van der Waals surface area contributed by atoms with Crippen LogP contribution in [0.5, 0.6) is 0 Å². The molecule has 3 rings (SSSR count). The Labute approximate surface area is 119 Å². The molecule has 1 heterocycles. The van der Waals surface area contributed by atoms with Crippen molar-refractivity contribution < 1.29 is 9.59 Å². The van der Waals surface area contributed by atoms with Crippen LogP contribution >= 0.6 is 0 Å². The quantitative estimate of drug-likeness (QED) is 0.912. The lowest BCUT2D eigenvalue weighted by atomic mass is 9.92. The van der Waals surface area contributed by atoms with Gasteiger partial charge in [-0.1, -0.05) is 29.8 Å². The van der Waals surface area contributed by atoms with Gasteiger partial charge in [-0.3, -0.25) is 9.59 Å². The molecular formula is C16H20N2O2. The van der Waals surface area contributed by atoms with E-state index in [1.165, 1.54) is 5.56 Å². The molecule has 1 aliphatic heterocycles. The Morgan fingerprint density at radius 1 is 1.25 bits per heavy atom. The van der Waals surface area contributed by atoms with E-state index < -0.39 is 0 Å². The van der Waals surface area contributed by atoms with Crippen molar-refractivity contribution in [1.29, 1.82) is 0 Å². The summed E-state index contributed by atoms with van der Waals surface area (Å²) in [6, 6.07) is 8.30. The molecule has 1 aliphatic carbocycles. The van der Waals surface area contributed by atoms with E-state index in [1.807, 2.05) is 31.2 Å². The third kappa shape index (κ3) is 2.42. The Morgan fingerprint density at radius 3 is 2.50 bits per heavy atom. The molecule has 2 atom stereocenters.